The maximum absolute atomic E-state index is 12.2. The molecule has 0 saturated heterocycles. The molecule has 0 bridgehead atoms. The SMILES string of the molecule is CCNc1cc(NCC(F)(F)F)nc(C(C)(C)C)n1. The maximum Gasteiger partial charge on any atom is 0.405 e. The molecule has 0 amide bonds. The van der Waals surface area contributed by atoms with Crippen LogP contribution in [0, 0.1) is 0 Å². The standard InChI is InChI=1S/C12H19F3N4/c1-5-16-8-6-9(17-7-12(13,14)15)19-10(18-8)11(2,3)4/h6H,5,7H2,1-4H3,(H2,16,17,18,19). The van der Waals surface area contributed by atoms with Crippen molar-refractivity contribution in [3.05, 3.63) is 11.9 Å². The Bertz CT molecular complexity index is 424. The van der Waals surface area contributed by atoms with E-state index in [4.69, 9.17) is 0 Å². The minimum Gasteiger partial charge on any atom is -0.370 e. The topological polar surface area (TPSA) is 49.8 Å². The quantitative estimate of drug-likeness (QED) is 0.886. The molecule has 0 unspecified atom stereocenters. The Balaban J connectivity index is 3.00. The van der Waals surface area contributed by atoms with Crippen molar-refractivity contribution >= 4 is 11.6 Å². The number of nitrogens with zero attached hydrogens (tertiary/aromatic N) is 2. The molecule has 0 aromatic carbocycles. The van der Waals surface area contributed by atoms with Gasteiger partial charge >= 0.3 is 6.18 Å². The molecule has 0 radical (unpaired) electrons. The second-order valence-electron chi connectivity index (χ2n) is 5.21. The summed E-state index contributed by atoms with van der Waals surface area (Å²) in [5.41, 5.74) is -0.333. The third-order valence-electron chi connectivity index (χ3n) is 2.22. The van der Waals surface area contributed by atoms with Crippen molar-refractivity contribution in [1.29, 1.82) is 0 Å². The van der Waals surface area contributed by atoms with Crippen molar-refractivity contribution in [1.82, 2.24) is 9.97 Å². The Kier molecular flexibility index (Phi) is 4.60. The van der Waals surface area contributed by atoms with Gasteiger partial charge in [-0.05, 0) is 6.92 Å². The molecule has 0 aliphatic carbocycles. The largest absolute Gasteiger partial charge is 0.405 e. The first-order valence-corrected chi connectivity index (χ1v) is 6.06. The van der Waals surface area contributed by atoms with Gasteiger partial charge in [0.05, 0.1) is 0 Å². The summed E-state index contributed by atoms with van der Waals surface area (Å²) < 4.78 is 36.6. The fourth-order valence-corrected chi connectivity index (χ4v) is 1.34. The number of hydrogen-bond acceptors (Lipinski definition) is 4. The van der Waals surface area contributed by atoms with E-state index >= 15 is 0 Å². The maximum atomic E-state index is 12.2. The van der Waals surface area contributed by atoms with Gasteiger partial charge in [0.25, 0.3) is 0 Å². The zero-order valence-corrected chi connectivity index (χ0v) is 11.5. The summed E-state index contributed by atoms with van der Waals surface area (Å²) >= 11 is 0. The number of hydrogen-bond donors (Lipinski definition) is 2. The van der Waals surface area contributed by atoms with E-state index in [0.29, 0.717) is 18.2 Å². The predicted molar refractivity (Wildman–Crippen MR) is 69.4 cm³/mol. The minimum atomic E-state index is -4.27. The van der Waals surface area contributed by atoms with Gasteiger partial charge in [-0.15, -0.1) is 0 Å². The number of nitrogens with one attached hydrogen (secondary N) is 2. The molecule has 0 aliphatic rings. The number of rotatable bonds is 4. The van der Waals surface area contributed by atoms with Crippen molar-refractivity contribution in [3.63, 3.8) is 0 Å². The van der Waals surface area contributed by atoms with Crippen LogP contribution in [0.3, 0.4) is 0 Å². The van der Waals surface area contributed by atoms with Crippen molar-refractivity contribution < 1.29 is 13.2 Å². The Morgan fingerprint density at radius 1 is 1.05 bits per heavy atom. The van der Waals surface area contributed by atoms with Crippen LogP contribution in [0.4, 0.5) is 24.8 Å². The van der Waals surface area contributed by atoms with Crippen LogP contribution in [0.1, 0.15) is 33.5 Å². The fourth-order valence-electron chi connectivity index (χ4n) is 1.34. The second-order valence-corrected chi connectivity index (χ2v) is 5.21. The highest BCUT2D eigenvalue weighted by molar-refractivity contribution is 5.48. The number of halogens is 3. The first kappa shape index (κ1) is 15.5. The van der Waals surface area contributed by atoms with Crippen LogP contribution in [0.2, 0.25) is 0 Å². The Labute approximate surface area is 110 Å². The van der Waals surface area contributed by atoms with Crippen LogP contribution in [-0.2, 0) is 5.41 Å². The summed E-state index contributed by atoms with van der Waals surface area (Å²) in [5.74, 6) is 1.19. The molecule has 0 fully saturated rings. The molecule has 1 aromatic rings. The predicted octanol–water partition coefficient (Wildman–Crippen LogP) is 3.18. The van der Waals surface area contributed by atoms with Gasteiger partial charge in [0.1, 0.15) is 24.0 Å². The molecule has 0 saturated carbocycles. The lowest BCUT2D eigenvalue weighted by molar-refractivity contribution is -0.115. The van der Waals surface area contributed by atoms with E-state index in [2.05, 4.69) is 20.6 Å². The monoisotopic (exact) mass is 276 g/mol. The molecule has 0 aliphatic heterocycles. The fraction of sp³-hybridized carbons (Fsp3) is 0.667. The van der Waals surface area contributed by atoms with E-state index in [1.165, 1.54) is 6.07 Å². The normalized spacial score (nSPS) is 12.4. The number of aromatic nitrogens is 2. The molecule has 1 rings (SSSR count). The highest BCUT2D eigenvalue weighted by atomic mass is 19.4. The molecule has 1 heterocycles. The zero-order valence-electron chi connectivity index (χ0n) is 11.5. The summed E-state index contributed by atoms with van der Waals surface area (Å²) in [6.07, 6.45) is -4.27. The first-order chi connectivity index (χ1) is 8.62. The minimum absolute atomic E-state index is 0.174. The van der Waals surface area contributed by atoms with Gasteiger partial charge in [-0.2, -0.15) is 13.2 Å². The van der Waals surface area contributed by atoms with Crippen LogP contribution in [0.5, 0.6) is 0 Å². The lowest BCUT2D eigenvalue weighted by atomic mass is 9.96. The molecular formula is C12H19F3N4. The van der Waals surface area contributed by atoms with E-state index in [-0.39, 0.29) is 11.2 Å². The highest BCUT2D eigenvalue weighted by Gasteiger charge is 2.27. The van der Waals surface area contributed by atoms with E-state index in [9.17, 15) is 13.2 Å². The van der Waals surface area contributed by atoms with Crippen LogP contribution < -0.4 is 10.6 Å². The molecule has 7 heteroatoms. The molecule has 108 valence electrons. The van der Waals surface area contributed by atoms with Crippen molar-refractivity contribution in [2.24, 2.45) is 0 Å². The summed E-state index contributed by atoms with van der Waals surface area (Å²) in [4.78, 5) is 8.42. The number of alkyl halides is 3. The molecule has 4 nitrogen and oxygen atoms in total. The summed E-state index contributed by atoms with van der Waals surface area (Å²) in [5, 5.41) is 5.26. The van der Waals surface area contributed by atoms with Crippen LogP contribution in [-0.4, -0.2) is 29.2 Å². The Morgan fingerprint density at radius 3 is 2.00 bits per heavy atom. The average molecular weight is 276 g/mol. The zero-order chi connectivity index (χ0) is 14.7. The van der Waals surface area contributed by atoms with Gasteiger partial charge < -0.3 is 10.6 Å². The molecule has 2 N–H and O–H groups in total. The van der Waals surface area contributed by atoms with Gasteiger partial charge in [-0.3, -0.25) is 0 Å². The third kappa shape index (κ3) is 5.32. The molecule has 0 atom stereocenters. The van der Waals surface area contributed by atoms with Gasteiger partial charge in [-0.1, -0.05) is 20.8 Å². The smallest absolute Gasteiger partial charge is 0.370 e. The van der Waals surface area contributed by atoms with Crippen molar-refractivity contribution in [2.45, 2.75) is 39.3 Å². The Hall–Kier alpha value is -1.53. The lowest BCUT2D eigenvalue weighted by Gasteiger charge is -2.19. The van der Waals surface area contributed by atoms with E-state index in [1.807, 2.05) is 27.7 Å². The highest BCUT2D eigenvalue weighted by Crippen LogP contribution is 2.23. The van der Waals surface area contributed by atoms with Crippen LogP contribution in [0.25, 0.3) is 0 Å². The number of anilines is 2. The van der Waals surface area contributed by atoms with Crippen LogP contribution in [0.15, 0.2) is 6.07 Å². The average Bonchev–Trinajstić information content (AvgIpc) is 2.24. The molecule has 0 spiro atoms. The van der Waals surface area contributed by atoms with Crippen molar-refractivity contribution in [3.8, 4) is 0 Å². The van der Waals surface area contributed by atoms with Crippen LogP contribution >= 0.6 is 0 Å². The first-order valence-electron chi connectivity index (χ1n) is 6.06. The van der Waals surface area contributed by atoms with Gasteiger partial charge in [-0.25, -0.2) is 9.97 Å². The Morgan fingerprint density at radius 2 is 1.58 bits per heavy atom. The van der Waals surface area contributed by atoms with E-state index < -0.39 is 12.7 Å². The van der Waals surface area contributed by atoms with E-state index in [0.717, 1.165) is 0 Å². The summed E-state index contributed by atoms with van der Waals surface area (Å²) in [7, 11) is 0. The van der Waals surface area contributed by atoms with Crippen molar-refractivity contribution in [2.75, 3.05) is 23.7 Å². The molecule has 1 aromatic heterocycles. The lowest BCUT2D eigenvalue weighted by Crippen LogP contribution is -2.24. The van der Waals surface area contributed by atoms with E-state index in [1.54, 1.807) is 0 Å². The molecular weight excluding hydrogens is 257 g/mol. The third-order valence-corrected chi connectivity index (χ3v) is 2.22. The summed E-state index contributed by atoms with van der Waals surface area (Å²) in [6.45, 7) is 7.14. The second kappa shape index (κ2) is 5.63. The van der Waals surface area contributed by atoms with Gasteiger partial charge in [0.15, 0.2) is 0 Å². The van der Waals surface area contributed by atoms with Gasteiger partial charge in [0, 0.05) is 18.0 Å². The molecule has 19 heavy (non-hydrogen) atoms. The van der Waals surface area contributed by atoms with Gasteiger partial charge in [0.2, 0.25) is 0 Å². The summed E-state index contributed by atoms with van der Waals surface area (Å²) in [6, 6.07) is 1.48.